The number of rotatable bonds is 1. The molecule has 0 saturated heterocycles. The molecule has 1 aromatic carbocycles. The molecule has 2 N–H and O–H groups in total. The molecule has 1 heterocycles. The molecule has 1 aliphatic rings. The second kappa shape index (κ2) is 3.30. The number of ether oxygens (including phenoxy) is 2. The number of nitrogens with two attached hydrogens (primary N) is 1. The summed E-state index contributed by atoms with van der Waals surface area (Å²) in [4.78, 5) is 0. The van der Waals surface area contributed by atoms with Crippen LogP contribution in [0.4, 0.5) is 13.2 Å². The Hall–Kier alpha value is -1.43. The van der Waals surface area contributed by atoms with Crippen molar-refractivity contribution in [3.63, 3.8) is 0 Å². The summed E-state index contributed by atoms with van der Waals surface area (Å²) in [5.74, 6) is -0.248. The van der Waals surface area contributed by atoms with Crippen molar-refractivity contribution >= 4 is 0 Å². The van der Waals surface area contributed by atoms with Gasteiger partial charge in [0, 0.05) is 6.54 Å². The molecule has 1 aliphatic heterocycles. The van der Waals surface area contributed by atoms with Gasteiger partial charge in [0.05, 0.1) is 0 Å². The van der Waals surface area contributed by atoms with E-state index in [4.69, 9.17) is 5.73 Å². The van der Waals surface area contributed by atoms with Crippen molar-refractivity contribution in [2.75, 3.05) is 0 Å². The van der Waals surface area contributed by atoms with E-state index >= 15 is 0 Å². The zero-order valence-electron chi connectivity index (χ0n) is 7.54. The van der Waals surface area contributed by atoms with Gasteiger partial charge in [-0.1, -0.05) is 6.07 Å². The molecule has 3 nitrogen and oxygen atoms in total. The summed E-state index contributed by atoms with van der Waals surface area (Å²) in [5.41, 5.74) is 5.98. The zero-order valence-corrected chi connectivity index (χ0v) is 7.54. The Morgan fingerprint density at radius 3 is 2.73 bits per heavy atom. The van der Waals surface area contributed by atoms with Crippen molar-refractivity contribution in [1.82, 2.24) is 0 Å². The van der Waals surface area contributed by atoms with E-state index in [-0.39, 0.29) is 18.0 Å². The number of hydrogen-bond acceptors (Lipinski definition) is 3. The van der Waals surface area contributed by atoms with E-state index in [1.165, 1.54) is 18.2 Å². The summed E-state index contributed by atoms with van der Waals surface area (Å²) in [6, 6.07) is 4.16. The summed E-state index contributed by atoms with van der Waals surface area (Å²) >= 11 is 0. The molecule has 6 heteroatoms. The van der Waals surface area contributed by atoms with Crippen LogP contribution < -0.4 is 15.2 Å². The van der Waals surface area contributed by atoms with Crippen LogP contribution in [0.5, 0.6) is 11.5 Å². The predicted octanol–water partition coefficient (Wildman–Crippen LogP) is 1.80. The van der Waals surface area contributed by atoms with E-state index in [0.717, 1.165) is 0 Å². The number of alkyl halides is 3. The fourth-order valence-electron chi connectivity index (χ4n) is 1.23. The van der Waals surface area contributed by atoms with Crippen molar-refractivity contribution in [3.05, 3.63) is 23.8 Å². The number of hydrogen-bond donors (Lipinski definition) is 1. The highest BCUT2D eigenvalue weighted by atomic mass is 19.3. The third kappa shape index (κ3) is 1.72. The van der Waals surface area contributed by atoms with E-state index < -0.39 is 12.5 Å². The number of benzene rings is 1. The molecule has 0 fully saturated rings. The van der Waals surface area contributed by atoms with Crippen molar-refractivity contribution in [3.8, 4) is 11.5 Å². The molecule has 2 rings (SSSR count). The van der Waals surface area contributed by atoms with Gasteiger partial charge in [0.25, 0.3) is 0 Å². The standard InChI is InChI=1S/C9H8F3NO2/c10-8-9(11,12)15-6-2-1-5(4-13)3-7(6)14-8/h1-3,8H,4,13H2. The highest BCUT2D eigenvalue weighted by Crippen LogP contribution is 2.40. The molecule has 0 aliphatic carbocycles. The van der Waals surface area contributed by atoms with Gasteiger partial charge >= 0.3 is 12.5 Å². The molecule has 0 amide bonds. The first-order chi connectivity index (χ1) is 7.03. The molecule has 1 aromatic rings. The monoisotopic (exact) mass is 219 g/mol. The Labute approximate surface area is 83.6 Å². The van der Waals surface area contributed by atoms with Crippen LogP contribution in [0.3, 0.4) is 0 Å². The topological polar surface area (TPSA) is 44.5 Å². The van der Waals surface area contributed by atoms with Gasteiger partial charge in [-0.05, 0) is 17.7 Å². The smallest absolute Gasteiger partial charge is 0.447 e. The summed E-state index contributed by atoms with van der Waals surface area (Å²) in [5, 5.41) is 0. The quantitative estimate of drug-likeness (QED) is 0.783. The minimum atomic E-state index is -3.95. The van der Waals surface area contributed by atoms with Crippen LogP contribution in [0, 0.1) is 0 Å². The fraction of sp³-hybridized carbons (Fsp3) is 0.333. The molecule has 0 radical (unpaired) electrons. The SMILES string of the molecule is NCc1ccc2c(c1)OC(F)C(F)(F)O2. The average Bonchev–Trinajstić information content (AvgIpc) is 2.19. The van der Waals surface area contributed by atoms with Crippen LogP contribution in [0.2, 0.25) is 0 Å². The molecule has 0 bridgehead atoms. The summed E-state index contributed by atoms with van der Waals surface area (Å²) in [6.45, 7) is 0.212. The van der Waals surface area contributed by atoms with Gasteiger partial charge in [0.2, 0.25) is 0 Å². The maximum Gasteiger partial charge on any atom is 0.468 e. The average molecular weight is 219 g/mol. The van der Waals surface area contributed by atoms with Crippen molar-refractivity contribution in [2.45, 2.75) is 19.0 Å². The Morgan fingerprint density at radius 1 is 1.33 bits per heavy atom. The van der Waals surface area contributed by atoms with E-state index in [1.54, 1.807) is 0 Å². The molecule has 0 spiro atoms. The summed E-state index contributed by atoms with van der Waals surface area (Å²) in [7, 11) is 0. The van der Waals surface area contributed by atoms with E-state index in [1.807, 2.05) is 0 Å². The first-order valence-electron chi connectivity index (χ1n) is 4.23. The third-order valence-electron chi connectivity index (χ3n) is 1.98. The normalized spacial score (nSPS) is 22.5. The third-order valence-corrected chi connectivity index (χ3v) is 1.98. The Bertz CT molecular complexity index is 384. The van der Waals surface area contributed by atoms with E-state index in [0.29, 0.717) is 5.56 Å². The van der Waals surface area contributed by atoms with Gasteiger partial charge < -0.3 is 15.2 Å². The summed E-state index contributed by atoms with van der Waals surface area (Å²) in [6.07, 6.45) is -6.74. The van der Waals surface area contributed by atoms with Crippen LogP contribution in [0.1, 0.15) is 5.56 Å². The van der Waals surface area contributed by atoms with Crippen LogP contribution in [0.25, 0.3) is 0 Å². The van der Waals surface area contributed by atoms with Crippen molar-refractivity contribution in [1.29, 1.82) is 0 Å². The second-order valence-electron chi connectivity index (χ2n) is 3.08. The molecular weight excluding hydrogens is 211 g/mol. The lowest BCUT2D eigenvalue weighted by Crippen LogP contribution is -2.43. The van der Waals surface area contributed by atoms with Gasteiger partial charge in [-0.15, -0.1) is 0 Å². The minimum absolute atomic E-state index is 0.0589. The molecule has 82 valence electrons. The first-order valence-corrected chi connectivity index (χ1v) is 4.23. The number of fused-ring (bicyclic) bond motifs is 1. The lowest BCUT2D eigenvalue weighted by atomic mass is 10.2. The maximum absolute atomic E-state index is 12.7. The molecule has 1 atom stereocenters. The molecule has 15 heavy (non-hydrogen) atoms. The summed E-state index contributed by atoms with van der Waals surface area (Å²) < 4.78 is 46.7. The first kappa shape index (κ1) is 10.1. The Morgan fingerprint density at radius 2 is 2.07 bits per heavy atom. The number of halogens is 3. The lowest BCUT2D eigenvalue weighted by Gasteiger charge is -2.28. The van der Waals surface area contributed by atoms with Crippen LogP contribution in [-0.2, 0) is 6.54 Å². The minimum Gasteiger partial charge on any atom is -0.447 e. The van der Waals surface area contributed by atoms with Gasteiger partial charge in [-0.2, -0.15) is 13.2 Å². The van der Waals surface area contributed by atoms with Gasteiger partial charge in [0.15, 0.2) is 11.5 Å². The van der Waals surface area contributed by atoms with Crippen LogP contribution >= 0.6 is 0 Å². The largest absolute Gasteiger partial charge is 0.468 e. The Balaban J connectivity index is 2.37. The molecule has 0 saturated carbocycles. The molecular formula is C9H8F3NO2. The van der Waals surface area contributed by atoms with Crippen LogP contribution in [0.15, 0.2) is 18.2 Å². The van der Waals surface area contributed by atoms with Crippen LogP contribution in [-0.4, -0.2) is 12.5 Å². The molecule has 0 aromatic heterocycles. The van der Waals surface area contributed by atoms with E-state index in [2.05, 4.69) is 9.47 Å². The molecule has 1 unspecified atom stereocenters. The Kier molecular flexibility index (Phi) is 2.22. The zero-order chi connectivity index (χ0) is 11.1. The highest BCUT2D eigenvalue weighted by molar-refractivity contribution is 5.44. The van der Waals surface area contributed by atoms with E-state index in [9.17, 15) is 13.2 Å². The second-order valence-corrected chi connectivity index (χ2v) is 3.08. The lowest BCUT2D eigenvalue weighted by molar-refractivity contribution is -0.281. The predicted molar refractivity (Wildman–Crippen MR) is 45.4 cm³/mol. The highest BCUT2D eigenvalue weighted by Gasteiger charge is 2.49. The van der Waals surface area contributed by atoms with Crippen molar-refractivity contribution < 1.29 is 22.6 Å². The van der Waals surface area contributed by atoms with Gasteiger partial charge in [0.1, 0.15) is 0 Å². The van der Waals surface area contributed by atoms with Crippen molar-refractivity contribution in [2.24, 2.45) is 5.73 Å². The van der Waals surface area contributed by atoms with Gasteiger partial charge in [-0.3, -0.25) is 0 Å². The fourth-order valence-corrected chi connectivity index (χ4v) is 1.23. The van der Waals surface area contributed by atoms with Gasteiger partial charge in [-0.25, -0.2) is 0 Å². The maximum atomic E-state index is 12.7.